The van der Waals surface area contributed by atoms with Crippen LogP contribution in [0.2, 0.25) is 13.1 Å². The van der Waals surface area contributed by atoms with E-state index in [0.29, 0.717) is 9.20 Å². The summed E-state index contributed by atoms with van der Waals surface area (Å²) < 4.78 is 2.72. The Balaban J connectivity index is 3.35. The molecule has 0 unspecified atom stereocenters. The van der Waals surface area contributed by atoms with Gasteiger partial charge in [0.1, 0.15) is 8.96 Å². The first-order valence-corrected chi connectivity index (χ1v) is 12.0. The molecule has 0 heterocycles. The van der Waals surface area contributed by atoms with Crippen LogP contribution in [0.4, 0.5) is 0 Å². The van der Waals surface area contributed by atoms with Gasteiger partial charge in [0, 0.05) is 9.76 Å². The van der Waals surface area contributed by atoms with Gasteiger partial charge < -0.3 is 4.23 Å². The Labute approximate surface area is 59.3 Å². The summed E-state index contributed by atoms with van der Waals surface area (Å²) in [4.78, 5) is 0. The smallest absolute Gasteiger partial charge is 0.122 e. The maximum Gasteiger partial charge on any atom is 0.122 e. The number of hydrogen-bond donors (Lipinski definition) is 0. The molecule has 0 fully saturated rings. The quantitative estimate of drug-likeness (QED) is 0.478. The number of rotatable bonds is 3. The van der Waals surface area contributed by atoms with E-state index in [1.807, 2.05) is 0 Å². The number of nitrogens with zero attached hydrogens (tertiary/aromatic N) is 1. The average Bonchev–Trinajstić information content (AvgIpc) is 1.69. The summed E-state index contributed by atoms with van der Waals surface area (Å²) in [5.41, 5.74) is 0. The van der Waals surface area contributed by atoms with Crippen molar-refractivity contribution in [2.24, 2.45) is 0 Å². The van der Waals surface area contributed by atoms with Crippen LogP contribution in [0, 0.1) is 0 Å². The highest BCUT2D eigenvalue weighted by atomic mass is 29.1. The molecule has 0 rings (SSSR count). The summed E-state index contributed by atoms with van der Waals surface area (Å²) >= 11 is 0. The van der Waals surface area contributed by atoms with Crippen LogP contribution in [-0.2, 0) is 0 Å². The van der Waals surface area contributed by atoms with Crippen molar-refractivity contribution in [2.75, 3.05) is 6.54 Å². The molecule has 1 nitrogen and oxygen atoms in total. The first-order valence-electron chi connectivity index (χ1n) is 3.27. The first kappa shape index (κ1) is 8.61. The molecule has 8 heavy (non-hydrogen) atoms. The van der Waals surface area contributed by atoms with Gasteiger partial charge in [-0.15, -0.1) is 0 Å². The van der Waals surface area contributed by atoms with Gasteiger partial charge in [0.25, 0.3) is 0 Å². The standard InChI is InChI=1S/C4H16NSi3/c1-4-5(7-6)8(2)3/h4,7H2,1-3,6H3. The van der Waals surface area contributed by atoms with E-state index in [1.165, 1.54) is 16.3 Å². The second kappa shape index (κ2) is 4.49. The van der Waals surface area contributed by atoms with Crippen molar-refractivity contribution < 1.29 is 0 Å². The molecule has 0 aromatic heterocycles. The van der Waals surface area contributed by atoms with Gasteiger partial charge in [0.2, 0.25) is 0 Å². The molecule has 0 aromatic rings. The van der Waals surface area contributed by atoms with E-state index in [0.717, 1.165) is 0 Å². The minimum Gasteiger partial charge on any atom is -0.354 e. The highest BCUT2D eigenvalue weighted by molar-refractivity contribution is 6.92. The predicted molar refractivity (Wildman–Crippen MR) is 48.3 cm³/mol. The van der Waals surface area contributed by atoms with Crippen LogP contribution in [0.25, 0.3) is 0 Å². The Kier molecular flexibility index (Phi) is 4.83. The van der Waals surface area contributed by atoms with E-state index in [9.17, 15) is 0 Å². The zero-order chi connectivity index (χ0) is 6.57. The summed E-state index contributed by atoms with van der Waals surface area (Å²) in [6.07, 6.45) is 0. The summed E-state index contributed by atoms with van der Waals surface area (Å²) in [7, 11) is 1.72. The van der Waals surface area contributed by atoms with Gasteiger partial charge in [-0.1, -0.05) is 20.0 Å². The summed E-state index contributed by atoms with van der Waals surface area (Å²) in [5.74, 6) is 0. The lowest BCUT2D eigenvalue weighted by Gasteiger charge is -2.20. The monoisotopic (exact) mass is 162 g/mol. The topological polar surface area (TPSA) is 3.24 Å². The molecule has 4 heteroatoms. The van der Waals surface area contributed by atoms with Crippen molar-refractivity contribution in [3.05, 3.63) is 0 Å². The summed E-state index contributed by atoms with van der Waals surface area (Å²) in [6.45, 7) is 8.37. The van der Waals surface area contributed by atoms with Crippen molar-refractivity contribution in [3.63, 3.8) is 0 Å². The maximum absolute atomic E-state index is 2.72. The molecular formula is C4H16NSi3. The maximum atomic E-state index is 2.72. The Bertz CT molecular complexity index is 53.2. The molecular weight excluding hydrogens is 146 g/mol. The lowest BCUT2D eigenvalue weighted by atomic mass is 10.8. The average molecular weight is 162 g/mol. The third-order valence-electron chi connectivity index (χ3n) is 1.40. The molecule has 0 aliphatic carbocycles. The van der Waals surface area contributed by atoms with Gasteiger partial charge in [-0.2, -0.15) is 0 Å². The van der Waals surface area contributed by atoms with Crippen LogP contribution in [0.1, 0.15) is 6.92 Å². The molecule has 0 N–H and O–H groups in total. The third-order valence-corrected chi connectivity index (χ3v) is 11.2. The summed E-state index contributed by atoms with van der Waals surface area (Å²) in [5, 5.41) is 0. The van der Waals surface area contributed by atoms with Crippen LogP contribution in [-0.4, -0.2) is 38.7 Å². The Morgan fingerprint density at radius 1 is 1.62 bits per heavy atom. The molecule has 1 radical (unpaired) electrons. The van der Waals surface area contributed by atoms with Crippen molar-refractivity contribution in [2.45, 2.75) is 20.0 Å². The zero-order valence-electron chi connectivity index (χ0n) is 6.36. The molecule has 0 amide bonds. The zero-order valence-corrected chi connectivity index (χ0v) is 10.8. The molecule has 0 saturated heterocycles. The highest BCUT2D eigenvalue weighted by Gasteiger charge is 2.03. The Morgan fingerprint density at radius 2 is 2.12 bits per heavy atom. The third kappa shape index (κ3) is 2.81. The van der Waals surface area contributed by atoms with Crippen LogP contribution in [0.3, 0.4) is 0 Å². The first-order chi connectivity index (χ1) is 3.72. The van der Waals surface area contributed by atoms with Gasteiger partial charge in [-0.25, -0.2) is 0 Å². The fraction of sp³-hybridized carbons (Fsp3) is 1.00. The lowest BCUT2D eigenvalue weighted by Crippen LogP contribution is -2.37. The lowest BCUT2D eigenvalue weighted by molar-refractivity contribution is 0.712. The second-order valence-electron chi connectivity index (χ2n) is 2.12. The Hall–Kier alpha value is 0.611. The van der Waals surface area contributed by atoms with E-state index in [-0.39, 0.29) is 8.96 Å². The predicted octanol–water partition coefficient (Wildman–Crippen LogP) is -1.08. The van der Waals surface area contributed by atoms with E-state index >= 15 is 0 Å². The molecule has 0 aromatic carbocycles. The van der Waals surface area contributed by atoms with Gasteiger partial charge in [0.15, 0.2) is 0 Å². The normalized spacial score (nSPS) is 13.1. The molecule has 0 atom stereocenters. The second-order valence-corrected chi connectivity index (χ2v) is 8.57. The number of hydrogen-bond acceptors (Lipinski definition) is 1. The van der Waals surface area contributed by atoms with Crippen LogP contribution in [0.5, 0.6) is 0 Å². The molecule has 0 aliphatic rings. The van der Waals surface area contributed by atoms with Gasteiger partial charge >= 0.3 is 0 Å². The van der Waals surface area contributed by atoms with Crippen molar-refractivity contribution >= 4 is 27.9 Å². The highest BCUT2D eigenvalue weighted by Crippen LogP contribution is 1.87. The van der Waals surface area contributed by atoms with Gasteiger partial charge in [-0.05, 0) is 6.54 Å². The van der Waals surface area contributed by atoms with E-state index < -0.39 is 0 Å². The Morgan fingerprint density at radius 3 is 2.12 bits per heavy atom. The van der Waals surface area contributed by atoms with E-state index in [2.05, 4.69) is 24.2 Å². The molecule has 0 spiro atoms. The van der Waals surface area contributed by atoms with E-state index in [1.54, 1.807) is 0 Å². The summed E-state index contributed by atoms with van der Waals surface area (Å²) in [6, 6.07) is 0. The largest absolute Gasteiger partial charge is 0.354 e. The van der Waals surface area contributed by atoms with Crippen molar-refractivity contribution in [1.82, 2.24) is 4.23 Å². The minimum absolute atomic E-state index is 0.0450. The molecule has 49 valence electrons. The van der Waals surface area contributed by atoms with Gasteiger partial charge in [0.05, 0.1) is 9.20 Å². The molecule has 0 bridgehead atoms. The van der Waals surface area contributed by atoms with Crippen molar-refractivity contribution in [3.8, 4) is 0 Å². The fourth-order valence-electron chi connectivity index (χ4n) is 0.856. The minimum atomic E-state index is -0.0450. The molecule has 0 saturated carbocycles. The van der Waals surface area contributed by atoms with E-state index in [4.69, 9.17) is 0 Å². The SMILES string of the molecule is CCN([SiH2][SiH3])[Si](C)C. The van der Waals surface area contributed by atoms with Crippen molar-refractivity contribution in [1.29, 1.82) is 0 Å². The molecule has 0 aliphatic heterocycles. The fourth-order valence-corrected chi connectivity index (χ4v) is 11.5. The van der Waals surface area contributed by atoms with Crippen LogP contribution >= 0.6 is 0 Å². The van der Waals surface area contributed by atoms with Crippen LogP contribution < -0.4 is 0 Å². The van der Waals surface area contributed by atoms with Crippen LogP contribution in [0.15, 0.2) is 0 Å². The van der Waals surface area contributed by atoms with Gasteiger partial charge in [-0.3, -0.25) is 0 Å².